The Morgan fingerprint density at radius 3 is 2.78 bits per heavy atom. The van der Waals surface area contributed by atoms with Crippen LogP contribution in [0.5, 0.6) is 0 Å². The van der Waals surface area contributed by atoms with Gasteiger partial charge in [-0.15, -0.1) is 11.3 Å². The molecular formula is C18H18N2O2S. The van der Waals surface area contributed by atoms with Crippen molar-refractivity contribution in [3.8, 4) is 0 Å². The molecule has 0 saturated heterocycles. The van der Waals surface area contributed by atoms with Gasteiger partial charge < -0.3 is 10.2 Å². The van der Waals surface area contributed by atoms with Crippen LogP contribution in [0.25, 0.3) is 0 Å². The zero-order valence-electron chi connectivity index (χ0n) is 12.7. The minimum Gasteiger partial charge on any atom is -0.326 e. The minimum atomic E-state index is 0.0428. The van der Waals surface area contributed by atoms with Gasteiger partial charge in [0.25, 0.3) is 5.91 Å². The van der Waals surface area contributed by atoms with Crippen molar-refractivity contribution in [1.29, 1.82) is 0 Å². The average Bonchev–Trinajstić information content (AvgIpc) is 3.14. The SMILES string of the molecule is O=C(Nc1ccc2c(c1)N(C(=O)c1cccs1)CC2)C1CCC1. The monoisotopic (exact) mass is 326 g/mol. The van der Waals surface area contributed by atoms with Gasteiger partial charge >= 0.3 is 0 Å². The van der Waals surface area contributed by atoms with E-state index in [1.54, 1.807) is 0 Å². The van der Waals surface area contributed by atoms with E-state index in [9.17, 15) is 9.59 Å². The fourth-order valence-corrected chi connectivity index (χ4v) is 3.79. The Hall–Kier alpha value is -2.14. The van der Waals surface area contributed by atoms with Crippen LogP contribution in [0.2, 0.25) is 0 Å². The molecular weight excluding hydrogens is 308 g/mol. The summed E-state index contributed by atoms with van der Waals surface area (Å²) in [4.78, 5) is 27.3. The molecule has 4 rings (SSSR count). The van der Waals surface area contributed by atoms with Gasteiger partial charge in [-0.1, -0.05) is 18.6 Å². The van der Waals surface area contributed by atoms with Gasteiger partial charge in [0.1, 0.15) is 0 Å². The van der Waals surface area contributed by atoms with E-state index in [0.717, 1.165) is 47.5 Å². The first kappa shape index (κ1) is 14.5. The molecule has 2 aliphatic rings. The Balaban J connectivity index is 1.56. The topological polar surface area (TPSA) is 49.4 Å². The maximum Gasteiger partial charge on any atom is 0.268 e. The van der Waals surface area contributed by atoms with Crippen molar-refractivity contribution in [2.24, 2.45) is 5.92 Å². The third-order valence-electron chi connectivity index (χ3n) is 4.70. The lowest BCUT2D eigenvalue weighted by atomic mass is 9.85. The first-order valence-electron chi connectivity index (χ1n) is 8.01. The molecule has 0 radical (unpaired) electrons. The molecule has 118 valence electrons. The number of amides is 2. The predicted octanol–water partition coefficient (Wildman–Crippen LogP) is 3.69. The molecule has 0 spiro atoms. The third kappa shape index (κ3) is 2.65. The van der Waals surface area contributed by atoms with Crippen molar-refractivity contribution in [3.05, 3.63) is 46.2 Å². The highest BCUT2D eigenvalue weighted by Gasteiger charge is 2.28. The first-order valence-corrected chi connectivity index (χ1v) is 8.89. The van der Waals surface area contributed by atoms with Crippen molar-refractivity contribution >= 4 is 34.5 Å². The van der Waals surface area contributed by atoms with Crippen LogP contribution in [0.15, 0.2) is 35.7 Å². The standard InChI is InChI=1S/C18H18N2O2S/c21-17(13-3-1-4-13)19-14-7-6-12-8-9-20(15(12)11-14)18(22)16-5-2-10-23-16/h2,5-7,10-11,13H,1,3-4,8-9H2,(H,19,21). The lowest BCUT2D eigenvalue weighted by Crippen LogP contribution is -2.29. The number of hydrogen-bond donors (Lipinski definition) is 1. The van der Waals surface area contributed by atoms with Crippen molar-refractivity contribution in [2.75, 3.05) is 16.8 Å². The Morgan fingerprint density at radius 2 is 2.09 bits per heavy atom. The Morgan fingerprint density at radius 1 is 1.22 bits per heavy atom. The summed E-state index contributed by atoms with van der Waals surface area (Å²) >= 11 is 1.46. The number of nitrogens with one attached hydrogen (secondary N) is 1. The molecule has 1 aliphatic carbocycles. The number of carbonyl (C=O) groups excluding carboxylic acids is 2. The molecule has 0 bridgehead atoms. The summed E-state index contributed by atoms with van der Waals surface area (Å²) < 4.78 is 0. The van der Waals surface area contributed by atoms with Gasteiger partial charge in [-0.05, 0) is 48.4 Å². The van der Waals surface area contributed by atoms with Crippen molar-refractivity contribution in [3.63, 3.8) is 0 Å². The zero-order valence-corrected chi connectivity index (χ0v) is 13.6. The summed E-state index contributed by atoms with van der Waals surface area (Å²) in [5, 5.41) is 4.91. The Labute approximate surface area is 139 Å². The number of rotatable bonds is 3. The molecule has 1 aromatic carbocycles. The molecule has 2 aromatic rings. The van der Waals surface area contributed by atoms with Crippen LogP contribution in [-0.4, -0.2) is 18.4 Å². The lowest BCUT2D eigenvalue weighted by molar-refractivity contribution is -0.122. The molecule has 1 N–H and O–H groups in total. The van der Waals surface area contributed by atoms with Crippen LogP contribution in [0.4, 0.5) is 11.4 Å². The fourth-order valence-electron chi connectivity index (χ4n) is 3.12. The molecule has 23 heavy (non-hydrogen) atoms. The van der Waals surface area contributed by atoms with Gasteiger partial charge in [0.05, 0.1) is 4.88 Å². The maximum atomic E-state index is 12.6. The highest BCUT2D eigenvalue weighted by Crippen LogP contribution is 2.33. The van der Waals surface area contributed by atoms with Gasteiger partial charge in [0, 0.05) is 23.8 Å². The summed E-state index contributed by atoms with van der Waals surface area (Å²) in [5.74, 6) is 0.304. The highest BCUT2D eigenvalue weighted by molar-refractivity contribution is 7.12. The van der Waals surface area contributed by atoms with Crippen molar-refractivity contribution in [1.82, 2.24) is 0 Å². The highest BCUT2D eigenvalue weighted by atomic mass is 32.1. The number of benzene rings is 1. The average molecular weight is 326 g/mol. The van der Waals surface area contributed by atoms with E-state index in [0.29, 0.717) is 6.54 Å². The number of fused-ring (bicyclic) bond motifs is 1. The molecule has 0 unspecified atom stereocenters. The smallest absolute Gasteiger partial charge is 0.268 e. The molecule has 2 heterocycles. The summed E-state index contributed by atoms with van der Waals surface area (Å²) in [6.07, 6.45) is 3.98. The molecule has 2 amide bonds. The second-order valence-electron chi connectivity index (χ2n) is 6.14. The van der Waals surface area contributed by atoms with Crippen LogP contribution in [0.1, 0.15) is 34.5 Å². The second-order valence-corrected chi connectivity index (χ2v) is 7.09. The van der Waals surface area contributed by atoms with E-state index in [-0.39, 0.29) is 17.7 Å². The number of anilines is 2. The summed E-state index contributed by atoms with van der Waals surface area (Å²) in [6, 6.07) is 9.64. The van der Waals surface area contributed by atoms with Gasteiger partial charge in [-0.2, -0.15) is 0 Å². The van der Waals surface area contributed by atoms with Crippen LogP contribution < -0.4 is 10.2 Å². The van der Waals surface area contributed by atoms with E-state index in [2.05, 4.69) is 5.32 Å². The molecule has 1 fully saturated rings. The molecule has 1 aliphatic heterocycles. The fraction of sp³-hybridized carbons (Fsp3) is 0.333. The minimum absolute atomic E-state index is 0.0428. The van der Waals surface area contributed by atoms with Crippen LogP contribution in [0, 0.1) is 5.92 Å². The number of thiophene rings is 1. The quantitative estimate of drug-likeness (QED) is 0.935. The molecule has 1 aromatic heterocycles. The Kier molecular flexibility index (Phi) is 3.65. The number of carbonyl (C=O) groups is 2. The normalized spacial score (nSPS) is 16.8. The number of hydrogen-bond acceptors (Lipinski definition) is 3. The van der Waals surface area contributed by atoms with Crippen molar-refractivity contribution in [2.45, 2.75) is 25.7 Å². The van der Waals surface area contributed by atoms with E-state index in [4.69, 9.17) is 0 Å². The number of nitrogens with zero attached hydrogens (tertiary/aromatic N) is 1. The predicted molar refractivity (Wildman–Crippen MR) is 92.1 cm³/mol. The van der Waals surface area contributed by atoms with Gasteiger partial charge in [0.15, 0.2) is 0 Å². The van der Waals surface area contributed by atoms with Gasteiger partial charge in [0.2, 0.25) is 5.91 Å². The van der Waals surface area contributed by atoms with E-state index < -0.39 is 0 Å². The van der Waals surface area contributed by atoms with E-state index in [1.165, 1.54) is 11.3 Å². The largest absolute Gasteiger partial charge is 0.326 e. The van der Waals surface area contributed by atoms with Crippen LogP contribution >= 0.6 is 11.3 Å². The second kappa shape index (κ2) is 5.81. The molecule has 0 atom stereocenters. The zero-order chi connectivity index (χ0) is 15.8. The first-order chi connectivity index (χ1) is 11.2. The van der Waals surface area contributed by atoms with E-state index in [1.807, 2.05) is 40.6 Å². The summed E-state index contributed by atoms with van der Waals surface area (Å²) in [5.41, 5.74) is 2.87. The Bertz CT molecular complexity index is 750. The lowest BCUT2D eigenvalue weighted by Gasteiger charge is -2.24. The van der Waals surface area contributed by atoms with Crippen LogP contribution in [-0.2, 0) is 11.2 Å². The molecule has 1 saturated carbocycles. The van der Waals surface area contributed by atoms with Crippen LogP contribution in [0.3, 0.4) is 0 Å². The van der Waals surface area contributed by atoms with Gasteiger partial charge in [-0.3, -0.25) is 9.59 Å². The molecule has 4 nitrogen and oxygen atoms in total. The van der Waals surface area contributed by atoms with Gasteiger partial charge in [-0.25, -0.2) is 0 Å². The summed E-state index contributed by atoms with van der Waals surface area (Å²) in [6.45, 7) is 0.700. The maximum absolute atomic E-state index is 12.6. The van der Waals surface area contributed by atoms with E-state index >= 15 is 0 Å². The van der Waals surface area contributed by atoms with Crippen molar-refractivity contribution < 1.29 is 9.59 Å². The summed E-state index contributed by atoms with van der Waals surface area (Å²) in [7, 11) is 0. The third-order valence-corrected chi connectivity index (χ3v) is 5.56. The molecule has 5 heteroatoms.